The number of hydrogen-bond acceptors (Lipinski definition) is 1. The third-order valence-electron chi connectivity index (χ3n) is 2.79. The molecule has 1 unspecified atom stereocenters. The molecule has 0 heterocycles. The predicted molar refractivity (Wildman–Crippen MR) is 59.3 cm³/mol. The summed E-state index contributed by atoms with van der Waals surface area (Å²) >= 11 is 0. The molecule has 2 nitrogen and oxygen atoms in total. The van der Waals surface area contributed by atoms with Gasteiger partial charge < -0.3 is 5.11 Å². The summed E-state index contributed by atoms with van der Waals surface area (Å²) < 4.78 is 0. The van der Waals surface area contributed by atoms with Gasteiger partial charge in [-0.1, -0.05) is 46.1 Å². The van der Waals surface area contributed by atoms with Crippen molar-refractivity contribution in [2.24, 2.45) is 5.41 Å². The fourth-order valence-electron chi connectivity index (χ4n) is 1.43. The minimum absolute atomic E-state index is 0.0631. The van der Waals surface area contributed by atoms with Gasteiger partial charge in [0.25, 0.3) is 0 Å². The molecule has 0 rings (SSSR count). The smallest absolute Gasteiger partial charge is 0.327 e. The van der Waals surface area contributed by atoms with Crippen molar-refractivity contribution < 1.29 is 9.90 Å². The quantitative estimate of drug-likeness (QED) is 0.501. The van der Waals surface area contributed by atoms with E-state index in [2.05, 4.69) is 20.8 Å². The Balaban J connectivity index is 4.10. The fraction of sp³-hybridized carbons (Fsp3) is 0.750. The van der Waals surface area contributed by atoms with Crippen molar-refractivity contribution in [3.05, 3.63) is 12.2 Å². The molecule has 14 heavy (non-hydrogen) atoms. The molecule has 0 amide bonds. The minimum Gasteiger partial charge on any atom is -0.478 e. The monoisotopic (exact) mass is 198 g/mol. The van der Waals surface area contributed by atoms with Gasteiger partial charge in [-0.25, -0.2) is 4.79 Å². The molecule has 0 aliphatic rings. The van der Waals surface area contributed by atoms with Crippen LogP contribution in [0.5, 0.6) is 0 Å². The van der Waals surface area contributed by atoms with Crippen LogP contribution in [0, 0.1) is 5.41 Å². The maximum atomic E-state index is 10.4. The lowest BCUT2D eigenvalue weighted by molar-refractivity contribution is -0.131. The van der Waals surface area contributed by atoms with Gasteiger partial charge in [-0.2, -0.15) is 0 Å². The predicted octanol–water partition coefficient (Wildman–Crippen LogP) is 3.62. The highest BCUT2D eigenvalue weighted by atomic mass is 16.4. The van der Waals surface area contributed by atoms with Crippen molar-refractivity contribution in [1.82, 2.24) is 0 Å². The molecule has 0 saturated heterocycles. The Morgan fingerprint density at radius 1 is 1.36 bits per heavy atom. The van der Waals surface area contributed by atoms with E-state index in [9.17, 15) is 4.79 Å². The van der Waals surface area contributed by atoms with Gasteiger partial charge in [0.05, 0.1) is 0 Å². The van der Waals surface area contributed by atoms with Crippen LogP contribution >= 0.6 is 0 Å². The number of unbranched alkanes of at least 4 members (excludes halogenated alkanes) is 2. The molecule has 0 aliphatic carbocycles. The summed E-state index contributed by atoms with van der Waals surface area (Å²) in [4.78, 5) is 10.4. The number of carboxylic acids is 1. The fourth-order valence-corrected chi connectivity index (χ4v) is 1.43. The Hall–Kier alpha value is -0.790. The van der Waals surface area contributed by atoms with E-state index in [-0.39, 0.29) is 5.41 Å². The number of aliphatic carboxylic acids is 1. The van der Waals surface area contributed by atoms with Gasteiger partial charge in [-0.3, -0.25) is 0 Å². The van der Waals surface area contributed by atoms with Crippen molar-refractivity contribution >= 4 is 5.97 Å². The summed E-state index contributed by atoms with van der Waals surface area (Å²) in [6, 6.07) is 0. The zero-order chi connectivity index (χ0) is 11.0. The molecule has 0 radical (unpaired) electrons. The first-order chi connectivity index (χ1) is 6.54. The van der Waals surface area contributed by atoms with Gasteiger partial charge in [0.2, 0.25) is 0 Å². The Labute approximate surface area is 87.0 Å². The average Bonchev–Trinajstić information content (AvgIpc) is 2.15. The normalized spacial score (nSPS) is 15.6. The van der Waals surface area contributed by atoms with Crippen molar-refractivity contribution in [2.45, 2.75) is 52.9 Å². The third kappa shape index (κ3) is 5.79. The highest BCUT2D eigenvalue weighted by molar-refractivity contribution is 5.79. The van der Waals surface area contributed by atoms with Crippen LogP contribution in [-0.4, -0.2) is 11.1 Å². The molecule has 0 bridgehead atoms. The molecule has 1 N–H and O–H groups in total. The zero-order valence-electron chi connectivity index (χ0n) is 9.55. The molecule has 82 valence electrons. The van der Waals surface area contributed by atoms with E-state index in [0.29, 0.717) is 0 Å². The van der Waals surface area contributed by atoms with E-state index in [0.717, 1.165) is 12.8 Å². The Kier molecular flexibility index (Phi) is 6.26. The van der Waals surface area contributed by atoms with Gasteiger partial charge >= 0.3 is 5.97 Å². The molecule has 0 aromatic carbocycles. The number of allylic oxidation sites excluding steroid dienone is 1. The van der Waals surface area contributed by atoms with E-state index >= 15 is 0 Å². The maximum absolute atomic E-state index is 10.4. The van der Waals surface area contributed by atoms with Crippen LogP contribution in [0.4, 0.5) is 0 Å². The van der Waals surface area contributed by atoms with E-state index < -0.39 is 5.97 Å². The van der Waals surface area contributed by atoms with Crippen molar-refractivity contribution in [2.75, 3.05) is 0 Å². The van der Waals surface area contributed by atoms with Gasteiger partial charge in [0, 0.05) is 6.08 Å². The lowest BCUT2D eigenvalue weighted by Crippen LogP contribution is -2.12. The topological polar surface area (TPSA) is 37.3 Å². The summed E-state index contributed by atoms with van der Waals surface area (Å²) in [6.07, 6.45) is 8.83. The van der Waals surface area contributed by atoms with Crippen molar-refractivity contribution in [1.29, 1.82) is 0 Å². The van der Waals surface area contributed by atoms with Crippen LogP contribution in [0.2, 0.25) is 0 Å². The molecule has 0 aliphatic heterocycles. The minimum atomic E-state index is -0.847. The van der Waals surface area contributed by atoms with Gasteiger partial charge in [0.1, 0.15) is 0 Å². The Bertz CT molecular complexity index is 196. The number of carbonyl (C=O) groups is 1. The zero-order valence-corrected chi connectivity index (χ0v) is 9.55. The van der Waals surface area contributed by atoms with E-state index in [1.54, 1.807) is 0 Å². The first-order valence-corrected chi connectivity index (χ1v) is 5.46. The molecule has 0 aromatic rings. The Morgan fingerprint density at radius 2 is 2.00 bits per heavy atom. The lowest BCUT2D eigenvalue weighted by Gasteiger charge is -2.23. The third-order valence-corrected chi connectivity index (χ3v) is 2.79. The molecule has 0 aromatic heterocycles. The van der Waals surface area contributed by atoms with Crippen LogP contribution in [0.15, 0.2) is 12.2 Å². The largest absolute Gasteiger partial charge is 0.478 e. The molecule has 1 atom stereocenters. The van der Waals surface area contributed by atoms with Crippen LogP contribution in [-0.2, 0) is 4.79 Å². The summed E-state index contributed by atoms with van der Waals surface area (Å²) in [7, 11) is 0. The molecule has 2 heteroatoms. The first kappa shape index (κ1) is 13.2. The second kappa shape index (κ2) is 6.63. The summed E-state index contributed by atoms with van der Waals surface area (Å²) in [5.41, 5.74) is 0.0631. The van der Waals surface area contributed by atoms with Gasteiger partial charge in [-0.05, 0) is 18.3 Å². The first-order valence-electron chi connectivity index (χ1n) is 5.46. The summed E-state index contributed by atoms with van der Waals surface area (Å²) in [5, 5.41) is 8.56. The average molecular weight is 198 g/mol. The standard InChI is InChI=1S/C12H22O2/c1-4-6-7-9-12(3,5-2)10-8-11(13)14/h8,10H,4-7,9H2,1-3H3,(H,13,14). The van der Waals surface area contributed by atoms with Crippen LogP contribution in [0.25, 0.3) is 0 Å². The van der Waals surface area contributed by atoms with E-state index in [4.69, 9.17) is 5.11 Å². The highest BCUT2D eigenvalue weighted by Crippen LogP contribution is 2.29. The van der Waals surface area contributed by atoms with Crippen molar-refractivity contribution in [3.63, 3.8) is 0 Å². The Morgan fingerprint density at radius 3 is 2.43 bits per heavy atom. The summed E-state index contributed by atoms with van der Waals surface area (Å²) in [5.74, 6) is -0.847. The molecule has 0 fully saturated rings. The van der Waals surface area contributed by atoms with E-state index in [1.807, 2.05) is 6.08 Å². The molecular formula is C12H22O2. The highest BCUT2D eigenvalue weighted by Gasteiger charge is 2.17. The summed E-state index contributed by atoms with van der Waals surface area (Å²) in [6.45, 7) is 6.41. The van der Waals surface area contributed by atoms with Crippen LogP contribution in [0.1, 0.15) is 52.9 Å². The lowest BCUT2D eigenvalue weighted by atomic mass is 9.82. The van der Waals surface area contributed by atoms with Gasteiger partial charge in [-0.15, -0.1) is 0 Å². The van der Waals surface area contributed by atoms with Crippen molar-refractivity contribution in [3.8, 4) is 0 Å². The van der Waals surface area contributed by atoms with Crippen LogP contribution < -0.4 is 0 Å². The maximum Gasteiger partial charge on any atom is 0.327 e. The second-order valence-corrected chi connectivity index (χ2v) is 4.14. The molecule has 0 saturated carbocycles. The number of carboxylic acid groups (broad SMARTS) is 1. The number of rotatable bonds is 7. The molecular weight excluding hydrogens is 176 g/mol. The second-order valence-electron chi connectivity index (χ2n) is 4.14. The van der Waals surface area contributed by atoms with E-state index in [1.165, 1.54) is 25.3 Å². The SMILES string of the molecule is CCCCCC(C)(C=CC(=O)O)CC. The molecule has 0 spiro atoms. The van der Waals surface area contributed by atoms with Crippen LogP contribution in [0.3, 0.4) is 0 Å². The number of hydrogen-bond donors (Lipinski definition) is 1. The van der Waals surface area contributed by atoms with Gasteiger partial charge in [0.15, 0.2) is 0 Å².